The summed E-state index contributed by atoms with van der Waals surface area (Å²) in [4.78, 5) is 24.1. The van der Waals surface area contributed by atoms with Gasteiger partial charge in [-0.25, -0.2) is 9.89 Å². The molecule has 146 valence electrons. The SMILES string of the molecule is COc1cccc(CNC(=O)CSc2n[nH]c(=O)n2CCc2ccccc2)c1. The second-order valence-corrected chi connectivity index (χ2v) is 7.06. The van der Waals surface area contributed by atoms with Gasteiger partial charge in [0, 0.05) is 13.1 Å². The Kier molecular flexibility index (Phi) is 6.91. The van der Waals surface area contributed by atoms with Crippen molar-refractivity contribution in [2.45, 2.75) is 24.7 Å². The number of thioether (sulfide) groups is 1. The fourth-order valence-electron chi connectivity index (χ4n) is 2.66. The van der Waals surface area contributed by atoms with Crippen LogP contribution in [0.1, 0.15) is 11.1 Å². The van der Waals surface area contributed by atoms with Gasteiger partial charge < -0.3 is 10.1 Å². The van der Waals surface area contributed by atoms with Crippen molar-refractivity contribution < 1.29 is 9.53 Å². The van der Waals surface area contributed by atoms with E-state index < -0.39 is 0 Å². The zero-order chi connectivity index (χ0) is 19.8. The highest BCUT2D eigenvalue weighted by Crippen LogP contribution is 2.15. The molecule has 1 aromatic heterocycles. The van der Waals surface area contributed by atoms with Crippen LogP contribution < -0.4 is 15.7 Å². The predicted molar refractivity (Wildman–Crippen MR) is 109 cm³/mol. The molecule has 0 unspecified atom stereocenters. The molecule has 0 spiro atoms. The quantitative estimate of drug-likeness (QED) is 0.540. The van der Waals surface area contributed by atoms with Gasteiger partial charge in [-0.05, 0) is 29.7 Å². The van der Waals surface area contributed by atoms with Gasteiger partial charge in [-0.3, -0.25) is 9.36 Å². The van der Waals surface area contributed by atoms with E-state index in [0.717, 1.165) is 23.3 Å². The Labute approximate surface area is 167 Å². The Morgan fingerprint density at radius 1 is 1.18 bits per heavy atom. The molecule has 0 radical (unpaired) electrons. The number of ether oxygens (including phenoxy) is 1. The lowest BCUT2D eigenvalue weighted by Gasteiger charge is -2.08. The van der Waals surface area contributed by atoms with E-state index in [1.807, 2.05) is 54.6 Å². The van der Waals surface area contributed by atoms with Gasteiger partial charge in [0.2, 0.25) is 5.91 Å². The zero-order valence-corrected chi connectivity index (χ0v) is 16.4. The third kappa shape index (κ3) is 5.50. The summed E-state index contributed by atoms with van der Waals surface area (Å²) >= 11 is 1.24. The summed E-state index contributed by atoms with van der Waals surface area (Å²) in [6, 6.07) is 17.5. The van der Waals surface area contributed by atoms with Crippen molar-refractivity contribution in [3.63, 3.8) is 0 Å². The van der Waals surface area contributed by atoms with Crippen molar-refractivity contribution in [3.05, 3.63) is 76.2 Å². The van der Waals surface area contributed by atoms with Crippen LogP contribution in [0.25, 0.3) is 0 Å². The van der Waals surface area contributed by atoms with Gasteiger partial charge >= 0.3 is 5.69 Å². The first-order valence-electron chi connectivity index (χ1n) is 8.87. The third-order valence-corrected chi connectivity index (χ3v) is 5.12. The van der Waals surface area contributed by atoms with Gasteiger partial charge in [0.15, 0.2) is 5.16 Å². The number of nitrogens with zero attached hydrogens (tertiary/aromatic N) is 2. The van der Waals surface area contributed by atoms with Crippen LogP contribution in [0.4, 0.5) is 0 Å². The average Bonchev–Trinajstić information content (AvgIpc) is 3.09. The lowest BCUT2D eigenvalue weighted by atomic mass is 10.1. The highest BCUT2D eigenvalue weighted by Gasteiger charge is 2.11. The maximum atomic E-state index is 12.2. The van der Waals surface area contributed by atoms with Gasteiger partial charge in [-0.15, -0.1) is 5.10 Å². The Morgan fingerprint density at radius 3 is 2.75 bits per heavy atom. The maximum absolute atomic E-state index is 12.2. The van der Waals surface area contributed by atoms with Crippen molar-refractivity contribution in [1.29, 1.82) is 0 Å². The molecule has 2 aromatic carbocycles. The van der Waals surface area contributed by atoms with Crippen molar-refractivity contribution in [1.82, 2.24) is 20.1 Å². The summed E-state index contributed by atoms with van der Waals surface area (Å²) in [5, 5.41) is 9.87. The molecule has 0 aliphatic rings. The number of aryl methyl sites for hydroxylation is 1. The molecule has 1 heterocycles. The second-order valence-electron chi connectivity index (χ2n) is 6.12. The first-order valence-corrected chi connectivity index (χ1v) is 9.86. The minimum atomic E-state index is -0.268. The lowest BCUT2D eigenvalue weighted by molar-refractivity contribution is -0.118. The molecule has 8 heteroatoms. The largest absolute Gasteiger partial charge is 0.497 e. The number of rotatable bonds is 9. The fourth-order valence-corrected chi connectivity index (χ4v) is 3.46. The van der Waals surface area contributed by atoms with Gasteiger partial charge in [0.05, 0.1) is 12.9 Å². The third-order valence-electron chi connectivity index (χ3n) is 4.15. The first-order chi connectivity index (χ1) is 13.7. The predicted octanol–water partition coefficient (Wildman–Crippen LogP) is 2.23. The summed E-state index contributed by atoms with van der Waals surface area (Å²) in [7, 11) is 1.61. The standard InChI is InChI=1S/C20H22N4O3S/c1-27-17-9-5-8-16(12-17)13-21-18(25)14-28-20-23-22-19(26)24(20)11-10-15-6-3-2-4-7-15/h2-9,12H,10-11,13-14H2,1H3,(H,21,25)(H,22,26). The van der Waals surface area contributed by atoms with Gasteiger partial charge in [0.25, 0.3) is 0 Å². The molecule has 1 amide bonds. The topological polar surface area (TPSA) is 89.0 Å². The smallest absolute Gasteiger partial charge is 0.343 e. The highest BCUT2D eigenvalue weighted by atomic mass is 32.2. The second kappa shape index (κ2) is 9.80. The van der Waals surface area contributed by atoms with E-state index in [1.165, 1.54) is 11.8 Å². The van der Waals surface area contributed by atoms with Gasteiger partial charge in [0.1, 0.15) is 5.75 Å². The average molecular weight is 398 g/mol. The van der Waals surface area contributed by atoms with Crippen molar-refractivity contribution in [2.75, 3.05) is 12.9 Å². The van der Waals surface area contributed by atoms with Crippen LogP contribution in [0.5, 0.6) is 5.75 Å². The van der Waals surface area contributed by atoms with Crippen molar-refractivity contribution >= 4 is 17.7 Å². The molecule has 28 heavy (non-hydrogen) atoms. The number of aromatic nitrogens is 3. The minimum absolute atomic E-state index is 0.127. The van der Waals surface area contributed by atoms with E-state index in [-0.39, 0.29) is 17.3 Å². The number of hydrogen-bond donors (Lipinski definition) is 2. The Balaban J connectivity index is 1.51. The van der Waals surface area contributed by atoms with Crippen molar-refractivity contribution in [2.24, 2.45) is 0 Å². The monoisotopic (exact) mass is 398 g/mol. The first kappa shape index (κ1) is 19.8. The molecule has 7 nitrogen and oxygen atoms in total. The number of amides is 1. The van der Waals surface area contributed by atoms with E-state index in [4.69, 9.17) is 4.74 Å². The molecule has 0 bridgehead atoms. The number of methoxy groups -OCH3 is 1. The van der Waals surface area contributed by atoms with Crippen LogP contribution >= 0.6 is 11.8 Å². The summed E-state index contributed by atoms with van der Waals surface area (Å²) in [6.07, 6.45) is 0.718. The molecule has 0 saturated carbocycles. The summed E-state index contributed by atoms with van der Waals surface area (Å²) in [5.74, 6) is 0.803. The van der Waals surface area contributed by atoms with Gasteiger partial charge in [-0.2, -0.15) is 0 Å². The molecule has 3 aromatic rings. The lowest BCUT2D eigenvalue weighted by Crippen LogP contribution is -2.25. The molecular weight excluding hydrogens is 376 g/mol. The number of carbonyl (C=O) groups excluding carboxylic acids is 1. The number of aromatic amines is 1. The molecule has 0 fully saturated rings. The Hall–Kier alpha value is -3.00. The Morgan fingerprint density at radius 2 is 1.96 bits per heavy atom. The Bertz CT molecular complexity index is 969. The summed E-state index contributed by atoms with van der Waals surface area (Å²) < 4.78 is 6.74. The number of H-pyrrole nitrogens is 1. The highest BCUT2D eigenvalue weighted by molar-refractivity contribution is 7.99. The van der Waals surface area contributed by atoms with E-state index in [0.29, 0.717) is 18.2 Å². The van der Waals surface area contributed by atoms with Crippen LogP contribution in [0, 0.1) is 0 Å². The van der Waals surface area contributed by atoms with Crippen LogP contribution in [0.15, 0.2) is 64.5 Å². The number of carbonyl (C=O) groups is 1. The normalized spacial score (nSPS) is 10.6. The van der Waals surface area contributed by atoms with Crippen LogP contribution in [-0.2, 0) is 24.3 Å². The molecule has 3 rings (SSSR count). The molecule has 0 saturated heterocycles. The zero-order valence-electron chi connectivity index (χ0n) is 15.6. The van der Waals surface area contributed by atoms with E-state index in [2.05, 4.69) is 15.5 Å². The van der Waals surface area contributed by atoms with Crippen LogP contribution in [0.2, 0.25) is 0 Å². The minimum Gasteiger partial charge on any atom is -0.497 e. The number of benzene rings is 2. The van der Waals surface area contributed by atoms with E-state index in [1.54, 1.807) is 11.7 Å². The number of hydrogen-bond acceptors (Lipinski definition) is 5. The molecule has 0 aliphatic heterocycles. The molecular formula is C20H22N4O3S. The molecule has 2 N–H and O–H groups in total. The molecule has 0 aliphatic carbocycles. The van der Waals surface area contributed by atoms with Crippen molar-refractivity contribution in [3.8, 4) is 5.75 Å². The fraction of sp³-hybridized carbons (Fsp3) is 0.250. The molecule has 0 atom stereocenters. The summed E-state index contributed by atoms with van der Waals surface area (Å²) in [6.45, 7) is 0.922. The summed E-state index contributed by atoms with van der Waals surface area (Å²) in [5.41, 5.74) is 1.83. The van der Waals surface area contributed by atoms with E-state index >= 15 is 0 Å². The number of nitrogens with one attached hydrogen (secondary N) is 2. The van der Waals surface area contributed by atoms with Gasteiger partial charge in [-0.1, -0.05) is 54.2 Å². The van der Waals surface area contributed by atoms with E-state index in [9.17, 15) is 9.59 Å². The van der Waals surface area contributed by atoms with Crippen LogP contribution in [-0.4, -0.2) is 33.5 Å². The van der Waals surface area contributed by atoms with Crippen LogP contribution in [0.3, 0.4) is 0 Å². The maximum Gasteiger partial charge on any atom is 0.343 e.